The summed E-state index contributed by atoms with van der Waals surface area (Å²) in [5.41, 5.74) is -0.127. The van der Waals surface area contributed by atoms with Crippen molar-refractivity contribution in [2.45, 2.75) is 92.0 Å². The first-order chi connectivity index (χ1) is 15.3. The number of carboxylic acid groups (broad SMARTS) is 1. The zero-order chi connectivity index (χ0) is 24.0. The Kier molecular flexibility index (Phi) is 13.2. The largest absolute Gasteiger partial charge is 0.478 e. The molecule has 0 saturated carbocycles. The number of ether oxygens (including phenoxy) is 3. The third-order valence-electron chi connectivity index (χ3n) is 5.90. The van der Waals surface area contributed by atoms with Crippen molar-refractivity contribution in [3.05, 3.63) is 35.4 Å². The van der Waals surface area contributed by atoms with Crippen LogP contribution in [-0.4, -0.2) is 36.2 Å². The van der Waals surface area contributed by atoms with Gasteiger partial charge in [-0.15, -0.1) is 0 Å². The summed E-state index contributed by atoms with van der Waals surface area (Å²) in [5.74, 6) is -2.86. The minimum absolute atomic E-state index is 0.0190. The van der Waals surface area contributed by atoms with E-state index in [-0.39, 0.29) is 11.1 Å². The molecule has 32 heavy (non-hydrogen) atoms. The number of carbonyl (C=O) groups is 2. The predicted molar refractivity (Wildman–Crippen MR) is 126 cm³/mol. The van der Waals surface area contributed by atoms with Gasteiger partial charge in [0.1, 0.15) is 0 Å². The first kappa shape index (κ1) is 28.1. The zero-order valence-electron chi connectivity index (χ0n) is 20.5. The van der Waals surface area contributed by atoms with E-state index in [0.717, 1.165) is 51.4 Å². The molecule has 0 aliphatic heterocycles. The molecule has 182 valence electrons. The lowest BCUT2D eigenvalue weighted by atomic mass is 10.0. The molecule has 0 amide bonds. The second kappa shape index (κ2) is 15.0. The van der Waals surface area contributed by atoms with Crippen LogP contribution in [-0.2, 0) is 14.2 Å². The summed E-state index contributed by atoms with van der Waals surface area (Å²) in [4.78, 5) is 24.4. The lowest BCUT2D eigenvalue weighted by molar-refractivity contribution is -0.351. The molecular formula is C26H42O6. The molecule has 0 spiro atoms. The Hall–Kier alpha value is -1.92. The van der Waals surface area contributed by atoms with E-state index in [2.05, 4.69) is 27.7 Å². The van der Waals surface area contributed by atoms with E-state index in [0.29, 0.717) is 25.0 Å². The minimum Gasteiger partial charge on any atom is -0.478 e. The number of carbonyl (C=O) groups excluding carboxylic acids is 1. The van der Waals surface area contributed by atoms with Crippen molar-refractivity contribution in [3.8, 4) is 0 Å². The lowest BCUT2D eigenvalue weighted by Crippen LogP contribution is -2.41. The van der Waals surface area contributed by atoms with Gasteiger partial charge in [-0.1, -0.05) is 78.4 Å². The van der Waals surface area contributed by atoms with Crippen molar-refractivity contribution in [2.24, 2.45) is 11.8 Å². The highest BCUT2D eigenvalue weighted by Crippen LogP contribution is 2.25. The van der Waals surface area contributed by atoms with E-state index >= 15 is 0 Å². The predicted octanol–water partition coefficient (Wildman–Crippen LogP) is 6.68. The van der Waals surface area contributed by atoms with Crippen molar-refractivity contribution < 1.29 is 28.9 Å². The van der Waals surface area contributed by atoms with Crippen LogP contribution in [0.25, 0.3) is 0 Å². The molecule has 0 saturated heterocycles. The SMILES string of the molecule is CCCCC(CC)COC(C)(OCC(CC)CCCC)OC(=O)c1ccccc1C(=O)O. The van der Waals surface area contributed by atoms with Gasteiger partial charge in [0.2, 0.25) is 0 Å². The van der Waals surface area contributed by atoms with E-state index in [4.69, 9.17) is 14.2 Å². The molecule has 2 unspecified atom stereocenters. The van der Waals surface area contributed by atoms with Crippen LogP contribution >= 0.6 is 0 Å². The van der Waals surface area contributed by atoms with Gasteiger partial charge >= 0.3 is 17.9 Å². The number of carboxylic acids is 1. The Morgan fingerprint density at radius 3 is 1.75 bits per heavy atom. The minimum atomic E-state index is -1.58. The van der Waals surface area contributed by atoms with Gasteiger partial charge in [-0.3, -0.25) is 0 Å². The molecule has 0 heterocycles. The third-order valence-corrected chi connectivity index (χ3v) is 5.90. The van der Waals surface area contributed by atoms with Gasteiger partial charge in [-0.05, 0) is 36.8 Å². The fourth-order valence-electron chi connectivity index (χ4n) is 3.51. The van der Waals surface area contributed by atoms with Crippen LogP contribution in [0.4, 0.5) is 0 Å². The van der Waals surface area contributed by atoms with Crippen molar-refractivity contribution in [3.63, 3.8) is 0 Å². The van der Waals surface area contributed by atoms with Gasteiger partial charge in [-0.2, -0.15) is 0 Å². The molecule has 1 aromatic rings. The average Bonchev–Trinajstić information content (AvgIpc) is 2.79. The Morgan fingerprint density at radius 2 is 1.34 bits per heavy atom. The normalized spacial score (nSPS) is 15.0. The topological polar surface area (TPSA) is 82.1 Å². The summed E-state index contributed by atoms with van der Waals surface area (Å²) in [6.07, 6.45) is 8.43. The number of benzene rings is 1. The van der Waals surface area contributed by atoms with Crippen LogP contribution in [0.5, 0.6) is 0 Å². The van der Waals surface area contributed by atoms with Gasteiger partial charge in [0.15, 0.2) is 0 Å². The molecule has 0 radical (unpaired) electrons. The molecule has 0 aliphatic carbocycles. The highest BCUT2D eigenvalue weighted by molar-refractivity contribution is 6.02. The maximum Gasteiger partial charge on any atom is 0.343 e. The van der Waals surface area contributed by atoms with E-state index < -0.39 is 17.9 Å². The molecular weight excluding hydrogens is 408 g/mol. The smallest absolute Gasteiger partial charge is 0.343 e. The maximum absolute atomic E-state index is 12.9. The molecule has 2 atom stereocenters. The van der Waals surface area contributed by atoms with Crippen molar-refractivity contribution >= 4 is 11.9 Å². The van der Waals surface area contributed by atoms with Crippen molar-refractivity contribution in [1.82, 2.24) is 0 Å². The molecule has 6 nitrogen and oxygen atoms in total. The fraction of sp³-hybridized carbons (Fsp3) is 0.692. The summed E-state index contributed by atoms with van der Waals surface area (Å²) in [7, 11) is 0. The van der Waals surface area contributed by atoms with Gasteiger partial charge < -0.3 is 19.3 Å². The Morgan fingerprint density at radius 1 is 0.875 bits per heavy atom. The third kappa shape index (κ3) is 9.70. The molecule has 0 aromatic heterocycles. The average molecular weight is 451 g/mol. The monoisotopic (exact) mass is 450 g/mol. The second-order valence-corrected chi connectivity index (χ2v) is 8.56. The van der Waals surface area contributed by atoms with Crippen LogP contribution in [0.1, 0.15) is 107 Å². The van der Waals surface area contributed by atoms with E-state index in [1.54, 1.807) is 19.1 Å². The zero-order valence-corrected chi connectivity index (χ0v) is 20.5. The number of rotatable bonds is 17. The van der Waals surface area contributed by atoms with Crippen LogP contribution in [0.3, 0.4) is 0 Å². The first-order valence-electron chi connectivity index (χ1n) is 12.1. The number of esters is 1. The Labute approximate surface area is 193 Å². The molecule has 0 aliphatic rings. The van der Waals surface area contributed by atoms with Gasteiger partial charge in [0.25, 0.3) is 0 Å². The molecule has 0 fully saturated rings. The molecule has 0 bridgehead atoms. The van der Waals surface area contributed by atoms with E-state index in [1.807, 2.05) is 0 Å². The maximum atomic E-state index is 12.9. The summed E-state index contributed by atoms with van der Waals surface area (Å²) in [6.45, 7) is 11.0. The molecule has 6 heteroatoms. The number of unbranched alkanes of at least 4 members (excludes halogenated alkanes) is 2. The number of hydrogen-bond acceptors (Lipinski definition) is 5. The fourth-order valence-corrected chi connectivity index (χ4v) is 3.51. The van der Waals surface area contributed by atoms with Crippen molar-refractivity contribution in [2.75, 3.05) is 13.2 Å². The standard InChI is InChI=1S/C26H42O6/c1-6-10-14-20(8-3)18-30-26(5,31-19-21(9-4)15-11-7-2)32-25(29)23-17-13-12-16-22(23)24(27)28/h12-13,16-17,20-21H,6-11,14-15,18-19H2,1-5H3,(H,27,28). The summed E-state index contributed by atoms with van der Waals surface area (Å²) in [6, 6.07) is 6.01. The Balaban J connectivity index is 2.99. The molecule has 1 N–H and O–H groups in total. The first-order valence-corrected chi connectivity index (χ1v) is 12.1. The van der Waals surface area contributed by atoms with Crippen LogP contribution in [0.15, 0.2) is 24.3 Å². The highest BCUT2D eigenvalue weighted by atomic mass is 16.9. The van der Waals surface area contributed by atoms with E-state index in [9.17, 15) is 14.7 Å². The summed E-state index contributed by atoms with van der Waals surface area (Å²) in [5, 5.41) is 9.42. The van der Waals surface area contributed by atoms with Crippen molar-refractivity contribution in [1.29, 1.82) is 0 Å². The quantitative estimate of drug-likeness (QED) is 0.210. The van der Waals surface area contributed by atoms with Gasteiger partial charge in [-0.25, -0.2) is 9.59 Å². The van der Waals surface area contributed by atoms with E-state index in [1.165, 1.54) is 12.1 Å². The Bertz CT molecular complexity index is 667. The number of hydrogen-bond donors (Lipinski definition) is 1. The highest BCUT2D eigenvalue weighted by Gasteiger charge is 2.34. The lowest BCUT2D eigenvalue weighted by Gasteiger charge is -2.32. The summed E-state index contributed by atoms with van der Waals surface area (Å²) < 4.78 is 17.8. The summed E-state index contributed by atoms with van der Waals surface area (Å²) >= 11 is 0. The van der Waals surface area contributed by atoms with Gasteiger partial charge in [0.05, 0.1) is 24.3 Å². The molecule has 1 aromatic carbocycles. The number of aromatic carboxylic acids is 1. The van der Waals surface area contributed by atoms with Crippen LogP contribution in [0.2, 0.25) is 0 Å². The van der Waals surface area contributed by atoms with Gasteiger partial charge in [0, 0.05) is 6.92 Å². The molecule has 1 rings (SSSR count). The van der Waals surface area contributed by atoms with Crippen LogP contribution in [0, 0.1) is 11.8 Å². The second-order valence-electron chi connectivity index (χ2n) is 8.56. The van der Waals surface area contributed by atoms with Crippen LogP contribution < -0.4 is 0 Å².